The zero-order valence-electron chi connectivity index (χ0n) is 12.3. The van der Waals surface area contributed by atoms with Gasteiger partial charge in [-0.15, -0.1) is 0 Å². The third-order valence-corrected chi connectivity index (χ3v) is 4.59. The highest BCUT2D eigenvalue weighted by atomic mass is 32.1. The lowest BCUT2D eigenvalue weighted by molar-refractivity contribution is -0.134. The van der Waals surface area contributed by atoms with Gasteiger partial charge in [0.1, 0.15) is 0 Å². The lowest BCUT2D eigenvalue weighted by Gasteiger charge is -2.35. The molecule has 1 saturated heterocycles. The molecule has 20 heavy (non-hydrogen) atoms. The van der Waals surface area contributed by atoms with Crippen molar-refractivity contribution in [2.45, 2.75) is 38.8 Å². The molecule has 5 heteroatoms. The average Bonchev–Trinajstić information content (AvgIpc) is 2.97. The molecule has 1 aliphatic rings. The summed E-state index contributed by atoms with van der Waals surface area (Å²) in [5.74, 6) is 0.133. The molecule has 1 amide bonds. The second-order valence-corrected chi connectivity index (χ2v) is 6.26. The van der Waals surface area contributed by atoms with Crippen molar-refractivity contribution in [3.63, 3.8) is 0 Å². The molecule has 0 spiro atoms. The van der Waals surface area contributed by atoms with E-state index in [0.717, 1.165) is 52.0 Å². The number of hydrogen-bond donors (Lipinski definition) is 1. The van der Waals surface area contributed by atoms with Gasteiger partial charge in [-0.05, 0) is 28.8 Å². The van der Waals surface area contributed by atoms with Crippen LogP contribution in [0.1, 0.15) is 31.7 Å². The van der Waals surface area contributed by atoms with E-state index in [-0.39, 0.29) is 11.9 Å². The minimum Gasteiger partial charge on any atom is -0.339 e. The first-order valence-corrected chi connectivity index (χ1v) is 8.42. The summed E-state index contributed by atoms with van der Waals surface area (Å²) in [7, 11) is 0. The number of thiophene rings is 1. The van der Waals surface area contributed by atoms with E-state index in [9.17, 15) is 4.79 Å². The van der Waals surface area contributed by atoms with E-state index < -0.39 is 0 Å². The number of carbonyl (C=O) groups excluding carboxylic acids is 1. The van der Waals surface area contributed by atoms with Gasteiger partial charge in [0.15, 0.2) is 0 Å². The summed E-state index contributed by atoms with van der Waals surface area (Å²) in [6.07, 6.45) is 2.94. The topological polar surface area (TPSA) is 49.6 Å². The van der Waals surface area contributed by atoms with Crippen molar-refractivity contribution in [2.24, 2.45) is 5.73 Å². The van der Waals surface area contributed by atoms with E-state index in [1.807, 2.05) is 4.90 Å². The summed E-state index contributed by atoms with van der Waals surface area (Å²) in [4.78, 5) is 16.6. The molecular weight excluding hydrogens is 270 g/mol. The molecular formula is C15H25N3OS. The highest BCUT2D eigenvalue weighted by molar-refractivity contribution is 7.07. The third-order valence-electron chi connectivity index (χ3n) is 3.86. The molecule has 1 aromatic heterocycles. The minimum atomic E-state index is -0.307. The number of amides is 1. The Balaban J connectivity index is 1.74. The molecule has 0 unspecified atom stereocenters. The van der Waals surface area contributed by atoms with E-state index in [4.69, 9.17) is 5.73 Å². The number of nitrogens with two attached hydrogens (primary N) is 1. The van der Waals surface area contributed by atoms with Gasteiger partial charge >= 0.3 is 0 Å². The molecule has 1 atom stereocenters. The molecule has 2 heterocycles. The molecule has 4 nitrogen and oxygen atoms in total. The van der Waals surface area contributed by atoms with Gasteiger partial charge in [-0.3, -0.25) is 9.69 Å². The Morgan fingerprint density at radius 1 is 1.40 bits per heavy atom. The maximum absolute atomic E-state index is 12.2. The van der Waals surface area contributed by atoms with Gasteiger partial charge in [0, 0.05) is 32.7 Å². The fourth-order valence-corrected chi connectivity index (χ4v) is 3.21. The zero-order chi connectivity index (χ0) is 14.4. The smallest absolute Gasteiger partial charge is 0.239 e. The Bertz CT molecular complexity index is 399. The van der Waals surface area contributed by atoms with Crippen LogP contribution in [0.2, 0.25) is 0 Å². The van der Waals surface area contributed by atoms with Crippen molar-refractivity contribution < 1.29 is 4.79 Å². The van der Waals surface area contributed by atoms with Crippen molar-refractivity contribution in [3.8, 4) is 0 Å². The first-order chi connectivity index (χ1) is 9.70. The number of piperazine rings is 1. The van der Waals surface area contributed by atoms with E-state index in [2.05, 4.69) is 28.7 Å². The van der Waals surface area contributed by atoms with E-state index in [1.165, 1.54) is 5.56 Å². The van der Waals surface area contributed by atoms with Crippen molar-refractivity contribution >= 4 is 17.2 Å². The predicted molar refractivity (Wildman–Crippen MR) is 83.7 cm³/mol. The van der Waals surface area contributed by atoms with E-state index in [1.54, 1.807) is 11.3 Å². The summed E-state index contributed by atoms with van der Waals surface area (Å²) in [6, 6.07) is 1.86. The fourth-order valence-electron chi connectivity index (χ4n) is 2.55. The first kappa shape index (κ1) is 15.5. The Morgan fingerprint density at radius 2 is 2.15 bits per heavy atom. The van der Waals surface area contributed by atoms with Gasteiger partial charge in [0.05, 0.1) is 6.04 Å². The Labute approximate surface area is 125 Å². The van der Waals surface area contributed by atoms with Crippen LogP contribution in [0.15, 0.2) is 16.8 Å². The van der Waals surface area contributed by atoms with Crippen molar-refractivity contribution in [2.75, 3.05) is 26.2 Å². The largest absolute Gasteiger partial charge is 0.339 e. The first-order valence-electron chi connectivity index (χ1n) is 7.48. The number of carbonyl (C=O) groups is 1. The maximum Gasteiger partial charge on any atom is 0.239 e. The predicted octanol–water partition coefficient (Wildman–Crippen LogP) is 1.91. The second-order valence-electron chi connectivity index (χ2n) is 5.48. The third kappa shape index (κ3) is 4.30. The van der Waals surface area contributed by atoms with Crippen LogP contribution in [0.3, 0.4) is 0 Å². The van der Waals surface area contributed by atoms with Crippen LogP contribution in [0.4, 0.5) is 0 Å². The highest BCUT2D eigenvalue weighted by Crippen LogP contribution is 2.12. The molecule has 0 bridgehead atoms. The Hall–Kier alpha value is -0.910. The van der Waals surface area contributed by atoms with Gasteiger partial charge in [-0.25, -0.2) is 0 Å². The normalized spacial score (nSPS) is 18.2. The molecule has 112 valence electrons. The molecule has 2 rings (SSSR count). The Kier molecular flexibility index (Phi) is 6.01. The van der Waals surface area contributed by atoms with Crippen LogP contribution >= 0.6 is 11.3 Å². The molecule has 0 saturated carbocycles. The summed E-state index contributed by atoms with van der Waals surface area (Å²) < 4.78 is 0. The summed E-state index contributed by atoms with van der Waals surface area (Å²) in [6.45, 7) is 6.63. The van der Waals surface area contributed by atoms with Gasteiger partial charge in [0.2, 0.25) is 5.91 Å². The van der Waals surface area contributed by atoms with Crippen molar-refractivity contribution in [1.29, 1.82) is 0 Å². The summed E-state index contributed by atoms with van der Waals surface area (Å²) in [5, 5.41) is 4.31. The number of hydrogen-bond acceptors (Lipinski definition) is 4. The van der Waals surface area contributed by atoms with E-state index >= 15 is 0 Å². The van der Waals surface area contributed by atoms with Gasteiger partial charge < -0.3 is 10.6 Å². The summed E-state index contributed by atoms with van der Waals surface area (Å²) >= 11 is 1.74. The van der Waals surface area contributed by atoms with Crippen LogP contribution in [-0.2, 0) is 11.3 Å². The lowest BCUT2D eigenvalue weighted by Crippen LogP contribution is -2.52. The highest BCUT2D eigenvalue weighted by Gasteiger charge is 2.24. The van der Waals surface area contributed by atoms with Crippen LogP contribution in [0.25, 0.3) is 0 Å². The molecule has 0 aliphatic carbocycles. The molecule has 1 aliphatic heterocycles. The van der Waals surface area contributed by atoms with E-state index in [0.29, 0.717) is 0 Å². The number of unbranched alkanes of at least 4 members (excludes halogenated alkanes) is 1. The number of nitrogens with zero attached hydrogens (tertiary/aromatic N) is 2. The second kappa shape index (κ2) is 7.76. The zero-order valence-corrected chi connectivity index (χ0v) is 13.1. The molecule has 2 N–H and O–H groups in total. The molecule has 0 radical (unpaired) electrons. The van der Waals surface area contributed by atoms with Gasteiger partial charge in [-0.2, -0.15) is 11.3 Å². The average molecular weight is 295 g/mol. The molecule has 1 aromatic rings. The SMILES string of the molecule is CCCC[C@H](N)C(=O)N1CCN(Cc2ccsc2)CC1. The summed E-state index contributed by atoms with van der Waals surface area (Å²) in [5.41, 5.74) is 7.34. The maximum atomic E-state index is 12.2. The lowest BCUT2D eigenvalue weighted by atomic mass is 10.1. The van der Waals surface area contributed by atoms with Crippen molar-refractivity contribution in [3.05, 3.63) is 22.4 Å². The van der Waals surface area contributed by atoms with Gasteiger partial charge in [-0.1, -0.05) is 19.8 Å². The monoisotopic (exact) mass is 295 g/mol. The standard InChI is InChI=1S/C15H25N3OS/c1-2-3-4-14(16)15(19)18-8-6-17(7-9-18)11-13-5-10-20-12-13/h5,10,12,14H,2-4,6-9,11,16H2,1H3/t14-/m0/s1. The van der Waals surface area contributed by atoms with Crippen LogP contribution in [0.5, 0.6) is 0 Å². The Morgan fingerprint density at radius 3 is 2.75 bits per heavy atom. The fraction of sp³-hybridized carbons (Fsp3) is 0.667. The van der Waals surface area contributed by atoms with Crippen LogP contribution < -0.4 is 5.73 Å². The van der Waals surface area contributed by atoms with Gasteiger partial charge in [0.25, 0.3) is 0 Å². The molecule has 0 aromatic carbocycles. The molecule has 1 fully saturated rings. The minimum absolute atomic E-state index is 0.133. The van der Waals surface area contributed by atoms with Crippen molar-refractivity contribution in [1.82, 2.24) is 9.80 Å². The number of rotatable bonds is 6. The van der Waals surface area contributed by atoms with Crippen LogP contribution in [-0.4, -0.2) is 47.9 Å². The quantitative estimate of drug-likeness (QED) is 0.872. The van der Waals surface area contributed by atoms with Crippen LogP contribution in [0, 0.1) is 0 Å².